The summed E-state index contributed by atoms with van der Waals surface area (Å²) in [6, 6.07) is 0.552. The van der Waals surface area contributed by atoms with Gasteiger partial charge in [0.05, 0.1) is 0 Å². The van der Waals surface area contributed by atoms with Crippen molar-refractivity contribution < 1.29 is 17.6 Å². The number of benzene rings is 1. The number of halogens is 4. The standard InChI is InChI=1S/C6H2F4.C5H11N.CH4/c7-3-1-4(8)6(10)5(9)2-3;1-2-4-6-5-3-1;/h1-2H;6H,1-5H2;1H4. The maximum absolute atomic E-state index is 12.0. The van der Waals surface area contributed by atoms with Gasteiger partial charge in [-0.1, -0.05) is 13.8 Å². The highest BCUT2D eigenvalue weighted by Crippen LogP contribution is 2.11. The van der Waals surface area contributed by atoms with Crippen molar-refractivity contribution in [2.24, 2.45) is 0 Å². The van der Waals surface area contributed by atoms with Crippen LogP contribution < -0.4 is 5.32 Å². The Morgan fingerprint density at radius 3 is 1.59 bits per heavy atom. The van der Waals surface area contributed by atoms with Gasteiger partial charge in [0.15, 0.2) is 17.5 Å². The number of rotatable bonds is 0. The Hall–Kier alpha value is -1.10. The van der Waals surface area contributed by atoms with E-state index in [2.05, 4.69) is 5.32 Å². The number of hydrogen-bond donors (Lipinski definition) is 1. The van der Waals surface area contributed by atoms with Gasteiger partial charge in [0.25, 0.3) is 0 Å². The molecule has 0 aliphatic carbocycles. The third-order valence-electron chi connectivity index (χ3n) is 2.16. The Morgan fingerprint density at radius 1 is 0.824 bits per heavy atom. The molecule has 1 nitrogen and oxygen atoms in total. The van der Waals surface area contributed by atoms with Gasteiger partial charge in [0, 0.05) is 12.1 Å². The molecule has 0 atom stereocenters. The second kappa shape index (κ2) is 8.06. The fourth-order valence-electron chi connectivity index (χ4n) is 1.33. The molecule has 5 heteroatoms. The summed E-state index contributed by atoms with van der Waals surface area (Å²) in [7, 11) is 0. The van der Waals surface area contributed by atoms with E-state index in [1.165, 1.54) is 32.4 Å². The van der Waals surface area contributed by atoms with Gasteiger partial charge in [-0.15, -0.1) is 0 Å². The Morgan fingerprint density at radius 2 is 1.29 bits per heavy atom. The number of hydrogen-bond acceptors (Lipinski definition) is 1. The molecular weight excluding hydrogens is 234 g/mol. The van der Waals surface area contributed by atoms with Crippen LogP contribution in [0.15, 0.2) is 12.1 Å². The van der Waals surface area contributed by atoms with Crippen LogP contribution in [0.2, 0.25) is 0 Å². The lowest BCUT2D eigenvalue weighted by atomic mass is 10.2. The van der Waals surface area contributed by atoms with E-state index in [-0.39, 0.29) is 19.6 Å². The second-order valence-corrected chi connectivity index (χ2v) is 3.49. The van der Waals surface area contributed by atoms with Crippen LogP contribution in [0.5, 0.6) is 0 Å². The van der Waals surface area contributed by atoms with E-state index in [1.54, 1.807) is 0 Å². The average Bonchev–Trinajstić information content (AvgIpc) is 2.29. The molecule has 0 bridgehead atoms. The maximum atomic E-state index is 12.0. The first-order valence-electron chi connectivity index (χ1n) is 5.12. The summed E-state index contributed by atoms with van der Waals surface area (Å²) in [6.45, 7) is 2.50. The molecule has 1 heterocycles. The van der Waals surface area contributed by atoms with E-state index in [1.807, 2.05) is 0 Å². The predicted octanol–water partition coefficient (Wildman–Crippen LogP) is 3.64. The Balaban J connectivity index is 0.000000316. The van der Waals surface area contributed by atoms with Crippen LogP contribution in [0.1, 0.15) is 26.7 Å². The van der Waals surface area contributed by atoms with Crippen molar-refractivity contribution in [2.45, 2.75) is 26.7 Å². The molecule has 1 saturated heterocycles. The first-order chi connectivity index (χ1) is 7.61. The summed E-state index contributed by atoms with van der Waals surface area (Å²) in [6.07, 6.45) is 4.22. The quantitative estimate of drug-likeness (QED) is 0.421. The molecule has 0 unspecified atom stereocenters. The van der Waals surface area contributed by atoms with E-state index in [0.717, 1.165) is 0 Å². The molecule has 0 amide bonds. The fraction of sp³-hybridized carbons (Fsp3) is 0.500. The predicted molar refractivity (Wildman–Crippen MR) is 59.7 cm³/mol. The van der Waals surface area contributed by atoms with Crippen molar-refractivity contribution in [1.29, 1.82) is 0 Å². The lowest BCUT2D eigenvalue weighted by molar-refractivity contribution is 0.434. The zero-order chi connectivity index (χ0) is 12.0. The summed E-state index contributed by atoms with van der Waals surface area (Å²) in [5.74, 6) is -5.81. The summed E-state index contributed by atoms with van der Waals surface area (Å²) in [4.78, 5) is 0. The summed E-state index contributed by atoms with van der Waals surface area (Å²) in [5, 5.41) is 3.28. The van der Waals surface area contributed by atoms with Gasteiger partial charge in [-0.05, 0) is 25.9 Å². The van der Waals surface area contributed by atoms with Crippen molar-refractivity contribution >= 4 is 0 Å². The molecular formula is C12H17F4N. The molecule has 0 saturated carbocycles. The highest BCUT2D eigenvalue weighted by atomic mass is 19.2. The molecule has 0 spiro atoms. The Kier molecular flexibility index (Phi) is 7.54. The van der Waals surface area contributed by atoms with Crippen LogP contribution in [0.25, 0.3) is 0 Å². The average molecular weight is 251 g/mol. The molecule has 0 radical (unpaired) electrons. The van der Waals surface area contributed by atoms with E-state index in [9.17, 15) is 17.6 Å². The monoisotopic (exact) mass is 251 g/mol. The van der Waals surface area contributed by atoms with Crippen LogP contribution >= 0.6 is 0 Å². The molecule has 1 aromatic carbocycles. The lowest BCUT2D eigenvalue weighted by Gasteiger charge is -2.08. The highest BCUT2D eigenvalue weighted by molar-refractivity contribution is 5.10. The molecule has 1 aliphatic heterocycles. The largest absolute Gasteiger partial charge is 0.317 e. The maximum Gasteiger partial charge on any atom is 0.194 e. The first kappa shape index (κ1) is 15.9. The van der Waals surface area contributed by atoms with E-state index >= 15 is 0 Å². The number of piperidine rings is 1. The molecule has 0 aromatic heterocycles. The number of nitrogens with one attached hydrogen (secondary N) is 1. The normalized spacial score (nSPS) is 14.4. The van der Waals surface area contributed by atoms with Gasteiger partial charge in [-0.2, -0.15) is 0 Å². The zero-order valence-electron chi connectivity index (χ0n) is 8.70. The van der Waals surface area contributed by atoms with Crippen LogP contribution in [-0.2, 0) is 0 Å². The SMILES string of the molecule is C.C1CCNCC1.Fc1cc(F)c(F)c(F)c1. The Bertz CT molecular complexity index is 303. The van der Waals surface area contributed by atoms with E-state index in [0.29, 0.717) is 0 Å². The van der Waals surface area contributed by atoms with Crippen molar-refractivity contribution in [2.75, 3.05) is 13.1 Å². The summed E-state index contributed by atoms with van der Waals surface area (Å²) >= 11 is 0. The van der Waals surface area contributed by atoms with Gasteiger partial charge < -0.3 is 5.32 Å². The molecule has 17 heavy (non-hydrogen) atoms. The molecule has 2 rings (SSSR count). The van der Waals surface area contributed by atoms with Gasteiger partial charge in [-0.3, -0.25) is 0 Å². The van der Waals surface area contributed by atoms with Gasteiger partial charge in [0.1, 0.15) is 5.82 Å². The minimum Gasteiger partial charge on any atom is -0.317 e. The Labute approximate surface area is 98.8 Å². The lowest BCUT2D eigenvalue weighted by Crippen LogP contribution is -2.21. The van der Waals surface area contributed by atoms with Crippen LogP contribution in [-0.4, -0.2) is 13.1 Å². The third kappa shape index (κ3) is 5.68. The van der Waals surface area contributed by atoms with Gasteiger partial charge in [-0.25, -0.2) is 17.6 Å². The minimum absolute atomic E-state index is 0. The first-order valence-corrected chi connectivity index (χ1v) is 5.12. The summed E-state index contributed by atoms with van der Waals surface area (Å²) < 4.78 is 47.9. The fourth-order valence-corrected chi connectivity index (χ4v) is 1.33. The van der Waals surface area contributed by atoms with Crippen molar-refractivity contribution in [3.8, 4) is 0 Å². The zero-order valence-corrected chi connectivity index (χ0v) is 8.70. The summed E-state index contributed by atoms with van der Waals surface area (Å²) in [5.41, 5.74) is 0. The highest BCUT2D eigenvalue weighted by Gasteiger charge is 2.09. The van der Waals surface area contributed by atoms with Crippen molar-refractivity contribution in [3.05, 3.63) is 35.4 Å². The molecule has 1 aliphatic rings. The third-order valence-corrected chi connectivity index (χ3v) is 2.16. The van der Waals surface area contributed by atoms with Gasteiger partial charge >= 0.3 is 0 Å². The minimum atomic E-state index is -1.65. The van der Waals surface area contributed by atoms with Crippen LogP contribution in [0.3, 0.4) is 0 Å². The molecule has 1 aromatic rings. The molecule has 98 valence electrons. The smallest absolute Gasteiger partial charge is 0.194 e. The van der Waals surface area contributed by atoms with E-state index in [4.69, 9.17) is 0 Å². The van der Waals surface area contributed by atoms with Crippen molar-refractivity contribution in [1.82, 2.24) is 5.32 Å². The second-order valence-electron chi connectivity index (χ2n) is 3.49. The molecule has 1 fully saturated rings. The van der Waals surface area contributed by atoms with Crippen LogP contribution in [0.4, 0.5) is 17.6 Å². The van der Waals surface area contributed by atoms with Gasteiger partial charge in [0.2, 0.25) is 0 Å². The van der Waals surface area contributed by atoms with Crippen molar-refractivity contribution in [3.63, 3.8) is 0 Å². The topological polar surface area (TPSA) is 12.0 Å². The van der Waals surface area contributed by atoms with E-state index < -0.39 is 23.3 Å². The van der Waals surface area contributed by atoms with Crippen LogP contribution in [0, 0.1) is 23.3 Å². The molecule has 1 N–H and O–H groups in total.